The molecule has 0 saturated carbocycles. The highest BCUT2D eigenvalue weighted by atomic mass is 19.4. The van der Waals surface area contributed by atoms with E-state index in [9.17, 15) is 47.4 Å². The predicted octanol–water partition coefficient (Wildman–Crippen LogP) is 8.37. The maximum absolute atomic E-state index is 15.2. The fraction of sp³-hybridized carbons (Fsp3) is 0.280. The summed E-state index contributed by atoms with van der Waals surface area (Å²) in [6, 6.07) is 26.9. The van der Waals surface area contributed by atoms with Gasteiger partial charge >= 0.3 is 36.0 Å². The maximum atomic E-state index is 15.2. The van der Waals surface area contributed by atoms with Gasteiger partial charge in [-0.2, -0.15) is 13.2 Å². The number of para-hydroxylation sites is 1. The van der Waals surface area contributed by atoms with Crippen LogP contribution in [0.5, 0.6) is 11.5 Å². The van der Waals surface area contributed by atoms with Crippen molar-refractivity contribution < 1.29 is 75.4 Å². The predicted molar refractivity (Wildman–Crippen MR) is 246 cm³/mol. The number of carboxylic acid groups (broad SMARTS) is 2. The Bertz CT molecular complexity index is 2670. The second-order valence-electron chi connectivity index (χ2n) is 15.8. The van der Waals surface area contributed by atoms with Gasteiger partial charge in [0.2, 0.25) is 24.4 Å². The molecular weight excluding hydrogens is 925 g/mol. The summed E-state index contributed by atoms with van der Waals surface area (Å²) in [5.74, 6) is -5.93. The average Bonchev–Trinajstić information content (AvgIpc) is 3.35. The lowest BCUT2D eigenvalue weighted by Crippen LogP contribution is -2.55. The summed E-state index contributed by atoms with van der Waals surface area (Å²) < 4.78 is 83.1. The fourth-order valence-corrected chi connectivity index (χ4v) is 7.28. The third kappa shape index (κ3) is 12.1. The molecule has 16 nitrogen and oxygen atoms in total. The van der Waals surface area contributed by atoms with Gasteiger partial charge in [0.05, 0.1) is 36.6 Å². The molecular formula is C50H48F4N4O12. The van der Waals surface area contributed by atoms with Gasteiger partial charge in [0.1, 0.15) is 23.0 Å². The highest BCUT2D eigenvalue weighted by molar-refractivity contribution is 6.02. The van der Waals surface area contributed by atoms with E-state index in [1.807, 2.05) is 29.2 Å². The number of aliphatic imine (C=N–C) groups is 1. The number of halogens is 4. The van der Waals surface area contributed by atoms with E-state index in [1.165, 1.54) is 54.5 Å². The number of alkyl halides is 3. The summed E-state index contributed by atoms with van der Waals surface area (Å²) in [7, 11) is 2.92. The summed E-state index contributed by atoms with van der Waals surface area (Å²) in [4.78, 5) is 70.0. The SMILES string of the molecule is CCC(=O)O[C@H]1c2cccc(F)c2N=C(N2CCN(c3cccc(OC)c3)CC2)N1c1cc(C(F)(F)F)ccc1OC.Cc1ccc(C(=O)O[C@H](C(=O)O)[C@H](OC(=O)c2ccc(C)cc2)C(=O)O)cc1. The lowest BCUT2D eigenvalue weighted by molar-refractivity contribution is -0.166. The number of hydrogen-bond acceptors (Lipinski definition) is 14. The minimum Gasteiger partial charge on any atom is -0.497 e. The van der Waals surface area contributed by atoms with E-state index in [0.717, 1.165) is 28.9 Å². The smallest absolute Gasteiger partial charge is 0.416 e. The van der Waals surface area contributed by atoms with E-state index < -0.39 is 65.8 Å². The number of nitrogens with zero attached hydrogens (tertiary/aromatic N) is 4. The number of rotatable bonds is 13. The quantitative estimate of drug-likeness (QED) is 0.0649. The monoisotopic (exact) mass is 972 g/mol. The number of aliphatic carboxylic acids is 2. The van der Waals surface area contributed by atoms with Crippen LogP contribution in [0.4, 0.5) is 34.6 Å². The van der Waals surface area contributed by atoms with Crippen molar-refractivity contribution in [3.63, 3.8) is 0 Å². The number of carbonyl (C=O) groups is 5. The second-order valence-corrected chi connectivity index (χ2v) is 15.8. The number of methoxy groups -OCH3 is 2. The van der Waals surface area contributed by atoms with Gasteiger partial charge in [-0.15, -0.1) is 0 Å². The minimum absolute atomic E-state index is 0.000400. The molecule has 2 aliphatic heterocycles. The van der Waals surface area contributed by atoms with Crippen molar-refractivity contribution >= 4 is 52.9 Å². The van der Waals surface area contributed by atoms with Crippen LogP contribution in [-0.4, -0.2) is 104 Å². The molecule has 0 aromatic heterocycles. The molecule has 70 heavy (non-hydrogen) atoms. The zero-order valence-corrected chi connectivity index (χ0v) is 38.4. The Labute approximate surface area is 399 Å². The molecule has 3 atom stereocenters. The molecule has 2 aliphatic rings. The molecule has 0 bridgehead atoms. The van der Waals surface area contributed by atoms with Crippen LogP contribution >= 0.6 is 0 Å². The van der Waals surface area contributed by atoms with E-state index in [1.54, 1.807) is 58.2 Å². The molecule has 2 heterocycles. The first kappa shape index (κ1) is 51.2. The first-order valence-corrected chi connectivity index (χ1v) is 21.6. The zero-order chi connectivity index (χ0) is 50.9. The number of anilines is 2. The van der Waals surface area contributed by atoms with E-state index in [2.05, 4.69) is 9.89 Å². The van der Waals surface area contributed by atoms with Gasteiger partial charge in [-0.1, -0.05) is 60.5 Å². The Kier molecular flexibility index (Phi) is 16.3. The van der Waals surface area contributed by atoms with E-state index >= 15 is 4.39 Å². The van der Waals surface area contributed by atoms with Crippen LogP contribution in [0, 0.1) is 19.7 Å². The number of hydrogen-bond donors (Lipinski definition) is 2. The molecule has 0 radical (unpaired) electrons. The van der Waals surface area contributed by atoms with Gasteiger partial charge in [0.25, 0.3) is 0 Å². The van der Waals surface area contributed by atoms with Gasteiger partial charge < -0.3 is 43.7 Å². The van der Waals surface area contributed by atoms with E-state index in [-0.39, 0.29) is 46.2 Å². The Hall–Kier alpha value is -8.16. The molecule has 0 aliphatic carbocycles. The Morgan fingerprint density at radius 3 is 1.76 bits per heavy atom. The van der Waals surface area contributed by atoms with Gasteiger partial charge in [0, 0.05) is 49.9 Å². The molecule has 0 unspecified atom stereocenters. The zero-order valence-electron chi connectivity index (χ0n) is 38.4. The summed E-state index contributed by atoms with van der Waals surface area (Å²) in [5, 5.41) is 18.6. The maximum Gasteiger partial charge on any atom is 0.416 e. The lowest BCUT2D eigenvalue weighted by atomic mass is 10.1. The van der Waals surface area contributed by atoms with Crippen LogP contribution in [0.1, 0.15) is 62.5 Å². The molecule has 368 valence electrons. The van der Waals surface area contributed by atoms with Crippen molar-refractivity contribution in [1.82, 2.24) is 4.90 Å². The molecule has 5 aromatic carbocycles. The van der Waals surface area contributed by atoms with Crippen molar-refractivity contribution in [2.24, 2.45) is 4.99 Å². The topological polar surface area (TPSA) is 194 Å². The highest BCUT2D eigenvalue weighted by Crippen LogP contribution is 2.45. The van der Waals surface area contributed by atoms with Crippen LogP contribution in [0.2, 0.25) is 0 Å². The molecule has 5 aromatic rings. The van der Waals surface area contributed by atoms with Crippen LogP contribution < -0.4 is 19.3 Å². The average molecular weight is 973 g/mol. The number of carbonyl (C=O) groups excluding carboxylic acids is 3. The molecule has 1 fully saturated rings. The minimum atomic E-state index is -4.66. The highest BCUT2D eigenvalue weighted by Gasteiger charge is 2.43. The molecule has 20 heteroatoms. The van der Waals surface area contributed by atoms with E-state index in [4.69, 9.17) is 23.7 Å². The van der Waals surface area contributed by atoms with Crippen LogP contribution in [0.15, 0.2) is 114 Å². The summed E-state index contributed by atoms with van der Waals surface area (Å²) in [6.45, 7) is 7.03. The lowest BCUT2D eigenvalue weighted by Gasteiger charge is -2.45. The molecule has 7 rings (SSSR count). The number of benzene rings is 5. The summed E-state index contributed by atoms with van der Waals surface area (Å²) in [5.41, 5.74) is 1.95. The molecule has 0 amide bonds. The van der Waals surface area contributed by atoms with Gasteiger partial charge in [0.15, 0.2) is 0 Å². The van der Waals surface area contributed by atoms with E-state index in [0.29, 0.717) is 31.9 Å². The van der Waals surface area contributed by atoms with Crippen LogP contribution in [0.25, 0.3) is 0 Å². The number of carboxylic acids is 2. The standard InChI is InChI=1S/C30H30F4N4O4.C20H18O8/c1-4-26(39)42-28-22-9-6-10-23(31)27(22)35-29(38(28)24-17-19(30(32,33)34)11-12-25(24)41-3)37-15-13-36(14-16-37)20-7-5-8-21(18-20)40-2;1-11-3-7-13(8-4-11)19(25)27-15(17(21)22)16(18(23)24)28-20(26)14-9-5-12(2)6-10-14/h5-12,17-18,28H,4,13-16H2,1-3H3;3-10,15-16H,1-2H3,(H,21,22)(H,23,24)/t28-;15-,16-/m00/s1. The number of ether oxygens (including phenoxy) is 5. The van der Waals surface area contributed by atoms with Crippen molar-refractivity contribution in [2.45, 2.75) is 51.8 Å². The van der Waals surface area contributed by atoms with Gasteiger partial charge in [-0.05, 0) is 74.5 Å². The summed E-state index contributed by atoms with van der Waals surface area (Å²) in [6.07, 6.45) is -10.4. The first-order chi connectivity index (χ1) is 33.3. The number of fused-ring (bicyclic) bond motifs is 1. The van der Waals surface area contributed by atoms with Crippen molar-refractivity contribution in [1.29, 1.82) is 0 Å². The number of piperazine rings is 1. The van der Waals surface area contributed by atoms with Crippen molar-refractivity contribution in [3.8, 4) is 11.5 Å². The normalized spacial score (nSPS) is 15.2. The number of guanidine groups is 1. The summed E-state index contributed by atoms with van der Waals surface area (Å²) >= 11 is 0. The van der Waals surface area contributed by atoms with Crippen LogP contribution in [0.3, 0.4) is 0 Å². The Morgan fingerprint density at radius 2 is 1.26 bits per heavy atom. The number of aryl methyl sites for hydroxylation is 2. The molecule has 1 saturated heterocycles. The largest absolute Gasteiger partial charge is 0.497 e. The number of esters is 3. The first-order valence-electron chi connectivity index (χ1n) is 21.6. The van der Waals surface area contributed by atoms with Crippen molar-refractivity contribution in [2.75, 3.05) is 50.2 Å². The van der Waals surface area contributed by atoms with Gasteiger partial charge in [-0.25, -0.2) is 28.6 Å². The second kappa shape index (κ2) is 22.3. The van der Waals surface area contributed by atoms with Crippen LogP contribution in [-0.2, 0) is 34.8 Å². The molecule has 0 spiro atoms. The Morgan fingerprint density at radius 1 is 0.714 bits per heavy atom. The third-order valence-electron chi connectivity index (χ3n) is 11.0. The third-order valence-corrected chi connectivity index (χ3v) is 11.0. The Balaban J connectivity index is 0.000000250. The van der Waals surface area contributed by atoms with Crippen molar-refractivity contribution in [3.05, 3.63) is 148 Å². The van der Waals surface area contributed by atoms with Gasteiger partial charge in [-0.3, -0.25) is 9.69 Å². The fourth-order valence-electron chi connectivity index (χ4n) is 7.28. The molecule has 2 N–H and O–H groups in total.